The van der Waals surface area contributed by atoms with Crippen LogP contribution < -0.4 is 4.74 Å². The molecule has 0 aliphatic carbocycles. The monoisotopic (exact) mass is 235 g/mol. The molecule has 0 radical (unpaired) electrons. The fraction of sp³-hybridized carbons (Fsp3) is 0.500. The van der Waals surface area contributed by atoms with Crippen molar-refractivity contribution in [2.24, 2.45) is 0 Å². The summed E-state index contributed by atoms with van der Waals surface area (Å²) in [4.78, 5) is 13.9. The Balaban J connectivity index is 2.81. The van der Waals surface area contributed by atoms with Crippen LogP contribution in [0.25, 0.3) is 0 Å². The number of ether oxygens (including phenoxy) is 1. The zero-order chi connectivity index (χ0) is 12.8. The van der Waals surface area contributed by atoms with Crippen LogP contribution in [0.3, 0.4) is 0 Å². The van der Waals surface area contributed by atoms with Gasteiger partial charge in [-0.15, -0.1) is 0 Å². The molecule has 1 aromatic carbocycles. The molecule has 0 unspecified atom stereocenters. The van der Waals surface area contributed by atoms with Crippen molar-refractivity contribution in [3.8, 4) is 5.75 Å². The summed E-state index contributed by atoms with van der Waals surface area (Å²) in [6, 6.07) is 5.57. The van der Waals surface area contributed by atoms with Crippen LogP contribution in [-0.4, -0.2) is 31.5 Å². The summed E-state index contributed by atoms with van der Waals surface area (Å²) in [6.07, 6.45) is 2.13. The van der Waals surface area contributed by atoms with E-state index in [-0.39, 0.29) is 5.91 Å². The number of hydrogen-bond donors (Lipinski definition) is 0. The zero-order valence-electron chi connectivity index (χ0n) is 11.1. The number of unbranched alkanes of at least 4 members (excludes halogenated alkanes) is 1. The molecule has 1 amide bonds. The van der Waals surface area contributed by atoms with E-state index in [4.69, 9.17) is 4.74 Å². The number of rotatable bonds is 5. The molecule has 3 nitrogen and oxygen atoms in total. The first-order chi connectivity index (χ1) is 8.10. The molecule has 94 valence electrons. The van der Waals surface area contributed by atoms with E-state index < -0.39 is 0 Å². The van der Waals surface area contributed by atoms with Crippen molar-refractivity contribution in [3.05, 3.63) is 29.3 Å². The predicted molar refractivity (Wildman–Crippen MR) is 69.6 cm³/mol. The number of nitrogens with zero attached hydrogens (tertiary/aromatic N) is 1. The van der Waals surface area contributed by atoms with Crippen molar-refractivity contribution in [3.63, 3.8) is 0 Å². The molecule has 0 aromatic heterocycles. The van der Waals surface area contributed by atoms with Gasteiger partial charge in [0, 0.05) is 19.2 Å². The standard InChI is InChI=1S/C14H21NO2/c1-5-6-9-15(3)14(16)12-8-7-11(2)13(10-12)17-4/h7-8,10H,5-6,9H2,1-4H3. The van der Waals surface area contributed by atoms with Gasteiger partial charge in [-0.3, -0.25) is 4.79 Å². The largest absolute Gasteiger partial charge is 0.496 e. The van der Waals surface area contributed by atoms with Gasteiger partial charge in [0.2, 0.25) is 0 Å². The van der Waals surface area contributed by atoms with Crippen LogP contribution in [0.1, 0.15) is 35.7 Å². The second-order valence-corrected chi connectivity index (χ2v) is 4.26. The quantitative estimate of drug-likeness (QED) is 0.785. The highest BCUT2D eigenvalue weighted by Crippen LogP contribution is 2.19. The second kappa shape index (κ2) is 6.28. The van der Waals surface area contributed by atoms with E-state index in [9.17, 15) is 4.79 Å². The minimum absolute atomic E-state index is 0.0525. The van der Waals surface area contributed by atoms with Gasteiger partial charge >= 0.3 is 0 Å². The fourth-order valence-electron chi connectivity index (χ4n) is 1.67. The maximum Gasteiger partial charge on any atom is 0.253 e. The second-order valence-electron chi connectivity index (χ2n) is 4.26. The smallest absolute Gasteiger partial charge is 0.253 e. The molecule has 0 fully saturated rings. The summed E-state index contributed by atoms with van der Waals surface area (Å²) in [5.74, 6) is 0.816. The molecule has 0 N–H and O–H groups in total. The molecule has 1 aromatic rings. The van der Waals surface area contributed by atoms with Gasteiger partial charge in [0.15, 0.2) is 0 Å². The summed E-state index contributed by atoms with van der Waals surface area (Å²) in [5, 5.41) is 0. The number of carbonyl (C=O) groups is 1. The number of hydrogen-bond acceptors (Lipinski definition) is 2. The van der Waals surface area contributed by atoms with Crippen molar-refractivity contribution in [1.29, 1.82) is 0 Å². The van der Waals surface area contributed by atoms with Crippen LogP contribution in [0.15, 0.2) is 18.2 Å². The number of aryl methyl sites for hydroxylation is 1. The molecule has 0 saturated heterocycles. The lowest BCUT2D eigenvalue weighted by Crippen LogP contribution is -2.27. The molecule has 1 rings (SSSR count). The lowest BCUT2D eigenvalue weighted by Gasteiger charge is -2.17. The van der Waals surface area contributed by atoms with Crippen LogP contribution in [0.5, 0.6) is 5.75 Å². The molecule has 0 saturated carbocycles. The summed E-state index contributed by atoms with van der Waals surface area (Å²) in [6.45, 7) is 4.88. The Morgan fingerprint density at radius 2 is 2.12 bits per heavy atom. The van der Waals surface area contributed by atoms with Gasteiger partial charge in [0.05, 0.1) is 7.11 Å². The molecule has 0 aliphatic rings. The molecule has 17 heavy (non-hydrogen) atoms. The van der Waals surface area contributed by atoms with Crippen LogP contribution in [0.4, 0.5) is 0 Å². The van der Waals surface area contributed by atoms with E-state index in [0.717, 1.165) is 30.7 Å². The summed E-state index contributed by atoms with van der Waals surface area (Å²) < 4.78 is 5.23. The topological polar surface area (TPSA) is 29.5 Å². The van der Waals surface area contributed by atoms with Gasteiger partial charge in [-0.25, -0.2) is 0 Å². The first-order valence-electron chi connectivity index (χ1n) is 6.00. The molecule has 3 heteroatoms. The third kappa shape index (κ3) is 3.48. The Bertz CT molecular complexity index is 388. The van der Waals surface area contributed by atoms with E-state index in [1.807, 2.05) is 26.1 Å². The van der Waals surface area contributed by atoms with Gasteiger partial charge in [-0.05, 0) is 31.0 Å². The zero-order valence-corrected chi connectivity index (χ0v) is 11.1. The molecule has 0 atom stereocenters. The van der Waals surface area contributed by atoms with Crippen molar-refractivity contribution in [1.82, 2.24) is 4.90 Å². The predicted octanol–water partition coefficient (Wildman–Crippen LogP) is 2.88. The Kier molecular flexibility index (Phi) is 5.01. The molecular formula is C14H21NO2. The average molecular weight is 235 g/mol. The van der Waals surface area contributed by atoms with E-state index in [1.54, 1.807) is 18.1 Å². The maximum absolute atomic E-state index is 12.1. The fourth-order valence-corrected chi connectivity index (χ4v) is 1.67. The molecule has 0 aliphatic heterocycles. The van der Waals surface area contributed by atoms with Gasteiger partial charge in [0.1, 0.15) is 5.75 Å². The average Bonchev–Trinajstić information content (AvgIpc) is 2.35. The lowest BCUT2D eigenvalue weighted by molar-refractivity contribution is 0.0793. The number of amides is 1. The molecule has 0 spiro atoms. The first-order valence-corrected chi connectivity index (χ1v) is 6.00. The summed E-state index contributed by atoms with van der Waals surface area (Å²) in [5.41, 5.74) is 1.73. The van der Waals surface area contributed by atoms with Crippen LogP contribution in [-0.2, 0) is 0 Å². The normalized spacial score (nSPS) is 10.1. The molecular weight excluding hydrogens is 214 g/mol. The van der Waals surface area contributed by atoms with E-state index in [1.165, 1.54) is 0 Å². The highest BCUT2D eigenvalue weighted by Gasteiger charge is 2.12. The third-order valence-electron chi connectivity index (χ3n) is 2.85. The van der Waals surface area contributed by atoms with Crippen molar-refractivity contribution in [2.45, 2.75) is 26.7 Å². The Labute approximate surface area is 103 Å². The molecule has 0 heterocycles. The lowest BCUT2D eigenvalue weighted by atomic mass is 10.1. The third-order valence-corrected chi connectivity index (χ3v) is 2.85. The van der Waals surface area contributed by atoms with Gasteiger partial charge in [-0.1, -0.05) is 19.4 Å². The number of methoxy groups -OCH3 is 1. The van der Waals surface area contributed by atoms with Crippen LogP contribution in [0, 0.1) is 6.92 Å². The van der Waals surface area contributed by atoms with Gasteiger partial charge in [0.25, 0.3) is 5.91 Å². The van der Waals surface area contributed by atoms with E-state index in [0.29, 0.717) is 5.56 Å². The van der Waals surface area contributed by atoms with Gasteiger partial charge < -0.3 is 9.64 Å². The summed E-state index contributed by atoms with van der Waals surface area (Å²) in [7, 11) is 3.46. The highest BCUT2D eigenvalue weighted by atomic mass is 16.5. The maximum atomic E-state index is 12.1. The number of benzene rings is 1. The highest BCUT2D eigenvalue weighted by molar-refractivity contribution is 5.94. The van der Waals surface area contributed by atoms with E-state index in [2.05, 4.69) is 6.92 Å². The van der Waals surface area contributed by atoms with Crippen molar-refractivity contribution < 1.29 is 9.53 Å². The SMILES string of the molecule is CCCCN(C)C(=O)c1ccc(C)c(OC)c1. The minimum atomic E-state index is 0.0525. The Morgan fingerprint density at radius 3 is 2.71 bits per heavy atom. The summed E-state index contributed by atoms with van der Waals surface area (Å²) >= 11 is 0. The minimum Gasteiger partial charge on any atom is -0.496 e. The van der Waals surface area contributed by atoms with E-state index >= 15 is 0 Å². The van der Waals surface area contributed by atoms with Crippen LogP contribution in [0.2, 0.25) is 0 Å². The Morgan fingerprint density at radius 1 is 1.41 bits per heavy atom. The number of carbonyl (C=O) groups excluding carboxylic acids is 1. The first kappa shape index (κ1) is 13.6. The van der Waals surface area contributed by atoms with Crippen molar-refractivity contribution in [2.75, 3.05) is 20.7 Å². The van der Waals surface area contributed by atoms with Crippen molar-refractivity contribution >= 4 is 5.91 Å². The van der Waals surface area contributed by atoms with Crippen LogP contribution >= 0.6 is 0 Å². The Hall–Kier alpha value is -1.51. The van der Waals surface area contributed by atoms with Gasteiger partial charge in [-0.2, -0.15) is 0 Å². The molecule has 0 bridgehead atoms.